The van der Waals surface area contributed by atoms with Crippen molar-refractivity contribution < 1.29 is 19.1 Å². The van der Waals surface area contributed by atoms with Gasteiger partial charge in [0.25, 0.3) is 0 Å². The molecule has 0 bridgehead atoms. The van der Waals surface area contributed by atoms with Crippen molar-refractivity contribution in [2.75, 3.05) is 50.1 Å². The SMILES string of the molecule is CNc1cc(C(=O)OC(C)(C)C)cc(N2CCN(C(=O)OCC3c4ccccc4-c4ccccc43)CC2)c1. The van der Waals surface area contributed by atoms with E-state index in [1.165, 1.54) is 22.3 Å². The third-order valence-electron chi connectivity index (χ3n) is 7.08. The predicted molar refractivity (Wildman–Crippen MR) is 150 cm³/mol. The van der Waals surface area contributed by atoms with Gasteiger partial charge in [-0.05, 0) is 61.2 Å². The molecule has 0 spiro atoms. The molecule has 3 aromatic carbocycles. The molecule has 0 unspecified atom stereocenters. The molecule has 198 valence electrons. The number of carbonyl (C=O) groups is 2. The Morgan fingerprint density at radius 1 is 0.895 bits per heavy atom. The molecular formula is C31H35N3O4. The van der Waals surface area contributed by atoms with Crippen LogP contribution in [0.2, 0.25) is 0 Å². The van der Waals surface area contributed by atoms with Crippen LogP contribution in [0, 0.1) is 0 Å². The smallest absolute Gasteiger partial charge is 0.409 e. The zero-order valence-corrected chi connectivity index (χ0v) is 22.5. The zero-order chi connectivity index (χ0) is 26.9. The van der Waals surface area contributed by atoms with E-state index in [1.54, 1.807) is 11.0 Å². The van der Waals surface area contributed by atoms with Crippen LogP contribution in [0.4, 0.5) is 16.2 Å². The second-order valence-electron chi connectivity index (χ2n) is 10.8. The lowest BCUT2D eigenvalue weighted by Crippen LogP contribution is -2.49. The van der Waals surface area contributed by atoms with Gasteiger partial charge < -0.3 is 24.6 Å². The number of amides is 1. The number of ether oxygens (including phenoxy) is 2. The van der Waals surface area contributed by atoms with Crippen molar-refractivity contribution in [3.05, 3.63) is 83.4 Å². The molecule has 1 N–H and O–H groups in total. The number of rotatable bonds is 5. The van der Waals surface area contributed by atoms with E-state index in [4.69, 9.17) is 9.47 Å². The Hall–Kier alpha value is -4.00. The summed E-state index contributed by atoms with van der Waals surface area (Å²) in [6.45, 7) is 8.26. The molecule has 3 aromatic rings. The van der Waals surface area contributed by atoms with Crippen LogP contribution >= 0.6 is 0 Å². The quantitative estimate of drug-likeness (QED) is 0.438. The van der Waals surface area contributed by atoms with Crippen molar-refractivity contribution in [2.24, 2.45) is 0 Å². The molecule has 1 heterocycles. The highest BCUT2D eigenvalue weighted by atomic mass is 16.6. The Bertz CT molecular complexity index is 1290. The van der Waals surface area contributed by atoms with E-state index in [9.17, 15) is 9.59 Å². The molecular weight excluding hydrogens is 478 g/mol. The van der Waals surface area contributed by atoms with Gasteiger partial charge in [-0.25, -0.2) is 9.59 Å². The van der Waals surface area contributed by atoms with Gasteiger partial charge in [0.2, 0.25) is 0 Å². The number of piperazine rings is 1. The maximum atomic E-state index is 13.0. The molecule has 2 aliphatic rings. The summed E-state index contributed by atoms with van der Waals surface area (Å²) in [6, 6.07) is 22.3. The first-order chi connectivity index (χ1) is 18.2. The van der Waals surface area contributed by atoms with Crippen molar-refractivity contribution in [3.63, 3.8) is 0 Å². The van der Waals surface area contributed by atoms with Crippen LogP contribution in [-0.2, 0) is 9.47 Å². The zero-order valence-electron chi connectivity index (χ0n) is 22.5. The van der Waals surface area contributed by atoms with Gasteiger partial charge in [0, 0.05) is 50.5 Å². The number of fused-ring (bicyclic) bond motifs is 3. The van der Waals surface area contributed by atoms with E-state index in [1.807, 2.05) is 64.2 Å². The minimum atomic E-state index is -0.568. The lowest BCUT2D eigenvalue weighted by molar-refractivity contribution is 0.00695. The van der Waals surface area contributed by atoms with Crippen LogP contribution < -0.4 is 10.2 Å². The number of carbonyl (C=O) groups excluding carboxylic acids is 2. The number of nitrogens with one attached hydrogen (secondary N) is 1. The monoisotopic (exact) mass is 513 g/mol. The molecule has 38 heavy (non-hydrogen) atoms. The number of hydrogen-bond donors (Lipinski definition) is 1. The number of benzene rings is 3. The molecule has 0 radical (unpaired) electrons. The predicted octanol–water partition coefficient (Wildman–Crippen LogP) is 5.75. The summed E-state index contributed by atoms with van der Waals surface area (Å²) < 4.78 is 11.4. The summed E-state index contributed by atoms with van der Waals surface area (Å²) in [5, 5.41) is 3.13. The van der Waals surface area contributed by atoms with Crippen molar-refractivity contribution in [2.45, 2.75) is 32.3 Å². The molecule has 1 aliphatic heterocycles. The first-order valence-corrected chi connectivity index (χ1v) is 13.1. The highest BCUT2D eigenvalue weighted by molar-refractivity contribution is 5.92. The minimum absolute atomic E-state index is 0.0446. The summed E-state index contributed by atoms with van der Waals surface area (Å²) in [4.78, 5) is 29.7. The van der Waals surface area contributed by atoms with Crippen LogP contribution in [0.1, 0.15) is 48.2 Å². The van der Waals surface area contributed by atoms with E-state index < -0.39 is 5.60 Å². The Labute approximate surface area is 224 Å². The topological polar surface area (TPSA) is 71.1 Å². The lowest BCUT2D eigenvalue weighted by Gasteiger charge is -2.36. The molecule has 5 rings (SSSR count). The number of esters is 1. The lowest BCUT2D eigenvalue weighted by atomic mass is 9.98. The van der Waals surface area contributed by atoms with E-state index in [-0.39, 0.29) is 18.0 Å². The summed E-state index contributed by atoms with van der Waals surface area (Å²) in [7, 11) is 1.83. The van der Waals surface area contributed by atoms with Crippen molar-refractivity contribution in [3.8, 4) is 11.1 Å². The Kier molecular flexibility index (Phi) is 7.02. The molecule has 1 aliphatic carbocycles. The summed E-state index contributed by atoms with van der Waals surface area (Å²) in [5.41, 5.74) is 6.53. The van der Waals surface area contributed by atoms with Crippen LogP contribution in [-0.4, -0.2) is 62.4 Å². The maximum absolute atomic E-state index is 13.0. The van der Waals surface area contributed by atoms with E-state index >= 15 is 0 Å². The molecule has 0 aromatic heterocycles. The van der Waals surface area contributed by atoms with Gasteiger partial charge in [-0.3, -0.25) is 0 Å². The van der Waals surface area contributed by atoms with Gasteiger partial charge in [-0.1, -0.05) is 48.5 Å². The third-order valence-corrected chi connectivity index (χ3v) is 7.08. The Morgan fingerprint density at radius 2 is 1.50 bits per heavy atom. The van der Waals surface area contributed by atoms with Crippen LogP contribution in [0.3, 0.4) is 0 Å². The summed E-state index contributed by atoms with van der Waals surface area (Å²) in [5.74, 6) is -0.309. The number of hydrogen-bond acceptors (Lipinski definition) is 6. The molecule has 7 nitrogen and oxygen atoms in total. The van der Waals surface area contributed by atoms with Crippen molar-refractivity contribution in [1.29, 1.82) is 0 Å². The van der Waals surface area contributed by atoms with Crippen molar-refractivity contribution in [1.82, 2.24) is 4.90 Å². The largest absolute Gasteiger partial charge is 0.456 e. The van der Waals surface area contributed by atoms with Crippen LogP contribution in [0.5, 0.6) is 0 Å². The maximum Gasteiger partial charge on any atom is 0.409 e. The second kappa shape index (κ2) is 10.4. The van der Waals surface area contributed by atoms with E-state index in [0.29, 0.717) is 38.3 Å². The van der Waals surface area contributed by atoms with E-state index in [0.717, 1.165) is 11.4 Å². The fourth-order valence-electron chi connectivity index (χ4n) is 5.23. The van der Waals surface area contributed by atoms with E-state index in [2.05, 4.69) is 34.5 Å². The van der Waals surface area contributed by atoms with Gasteiger partial charge in [-0.2, -0.15) is 0 Å². The highest BCUT2D eigenvalue weighted by Crippen LogP contribution is 2.44. The third kappa shape index (κ3) is 5.32. The molecule has 1 fully saturated rings. The molecule has 0 saturated carbocycles. The van der Waals surface area contributed by atoms with Gasteiger partial charge in [0.15, 0.2) is 0 Å². The average Bonchev–Trinajstić information content (AvgIpc) is 3.24. The number of anilines is 2. The minimum Gasteiger partial charge on any atom is -0.456 e. The van der Waals surface area contributed by atoms with Gasteiger partial charge in [0.05, 0.1) is 5.56 Å². The normalized spacial score (nSPS) is 15.1. The average molecular weight is 514 g/mol. The van der Waals surface area contributed by atoms with Crippen molar-refractivity contribution >= 4 is 23.4 Å². The first-order valence-electron chi connectivity index (χ1n) is 13.1. The second-order valence-corrected chi connectivity index (χ2v) is 10.8. The molecule has 1 amide bonds. The Balaban J connectivity index is 1.21. The molecule has 7 heteroatoms. The summed E-state index contributed by atoms with van der Waals surface area (Å²) in [6.07, 6.45) is -0.287. The first kappa shape index (κ1) is 25.6. The van der Waals surface area contributed by atoms with Gasteiger partial charge in [-0.15, -0.1) is 0 Å². The standard InChI is InChI=1S/C31H35N3O4/c1-31(2,3)38-29(35)21-17-22(32-4)19-23(18-21)33-13-15-34(16-14-33)30(36)37-20-28-26-11-7-5-9-24(26)25-10-6-8-12-27(25)28/h5-12,17-19,28,32H,13-16,20H2,1-4H3. The van der Waals surface area contributed by atoms with Gasteiger partial charge >= 0.3 is 12.1 Å². The van der Waals surface area contributed by atoms with Crippen LogP contribution in [0.15, 0.2) is 66.7 Å². The molecule has 1 saturated heterocycles. The molecule has 0 atom stereocenters. The fourth-order valence-corrected chi connectivity index (χ4v) is 5.23. The van der Waals surface area contributed by atoms with Gasteiger partial charge in [0.1, 0.15) is 12.2 Å². The Morgan fingerprint density at radius 3 is 2.08 bits per heavy atom. The van der Waals surface area contributed by atoms with Crippen LogP contribution in [0.25, 0.3) is 11.1 Å². The highest BCUT2D eigenvalue weighted by Gasteiger charge is 2.30. The fraction of sp³-hybridized carbons (Fsp3) is 0.355. The summed E-state index contributed by atoms with van der Waals surface area (Å²) >= 11 is 0. The number of nitrogens with zero attached hydrogens (tertiary/aromatic N) is 2.